The third kappa shape index (κ3) is 4.78. The van der Waals surface area contributed by atoms with Gasteiger partial charge in [-0.1, -0.05) is 5.16 Å². The van der Waals surface area contributed by atoms with Gasteiger partial charge in [-0.05, 0) is 62.6 Å². The molecule has 176 valence electrons. The highest BCUT2D eigenvalue weighted by Gasteiger charge is 2.24. The molecule has 0 unspecified atom stereocenters. The Labute approximate surface area is 196 Å². The Hall–Kier alpha value is -3.75. The molecule has 0 bridgehead atoms. The van der Waals surface area contributed by atoms with E-state index in [1.165, 1.54) is 18.6 Å². The van der Waals surface area contributed by atoms with Crippen molar-refractivity contribution in [3.05, 3.63) is 59.6 Å². The van der Waals surface area contributed by atoms with Gasteiger partial charge in [0.15, 0.2) is 0 Å². The highest BCUT2D eigenvalue weighted by molar-refractivity contribution is 5.98. The molecule has 1 aliphatic rings. The van der Waals surface area contributed by atoms with E-state index in [9.17, 15) is 9.18 Å². The highest BCUT2D eigenvalue weighted by Crippen LogP contribution is 2.35. The number of furan rings is 1. The molecule has 1 aromatic carbocycles. The number of benzene rings is 1. The smallest absolute Gasteiger partial charge is 0.263 e. The van der Waals surface area contributed by atoms with Crippen LogP contribution in [-0.2, 0) is 17.8 Å². The highest BCUT2D eigenvalue weighted by atomic mass is 19.1. The monoisotopic (exact) mass is 463 g/mol. The van der Waals surface area contributed by atoms with Crippen LogP contribution in [0.2, 0.25) is 0 Å². The number of nitrogens with zero attached hydrogens (tertiary/aromatic N) is 4. The Kier molecular flexibility index (Phi) is 6.24. The van der Waals surface area contributed by atoms with Crippen LogP contribution in [0.1, 0.15) is 43.0 Å². The number of aryl methyl sites for hydroxylation is 2. The van der Waals surface area contributed by atoms with Crippen LogP contribution in [0.3, 0.4) is 0 Å². The Bertz CT molecular complexity index is 1290. The summed E-state index contributed by atoms with van der Waals surface area (Å²) < 4.78 is 24.5. The molecule has 1 N–H and O–H groups in total. The van der Waals surface area contributed by atoms with Crippen LogP contribution in [0.5, 0.6) is 0 Å². The van der Waals surface area contributed by atoms with Crippen molar-refractivity contribution < 1.29 is 18.1 Å². The summed E-state index contributed by atoms with van der Waals surface area (Å²) in [7, 11) is 0. The fourth-order valence-corrected chi connectivity index (χ4v) is 4.21. The summed E-state index contributed by atoms with van der Waals surface area (Å²) in [5.74, 6) is 2.38. The molecule has 1 fully saturated rings. The fraction of sp³-hybridized carbons (Fsp3) is 0.360. The Morgan fingerprint density at radius 1 is 1.09 bits per heavy atom. The summed E-state index contributed by atoms with van der Waals surface area (Å²) in [5.41, 5.74) is 1.70. The predicted molar refractivity (Wildman–Crippen MR) is 125 cm³/mol. The number of fused-ring (bicyclic) bond motifs is 1. The topological polar surface area (TPSA) is 97.3 Å². The van der Waals surface area contributed by atoms with Gasteiger partial charge in [0.1, 0.15) is 40.1 Å². The number of aromatic nitrogens is 3. The number of carbonyl (C=O) groups is 1. The lowest BCUT2D eigenvalue weighted by molar-refractivity contribution is -0.121. The zero-order chi connectivity index (χ0) is 23.5. The molecule has 0 aliphatic carbocycles. The number of hydrogen-bond donors (Lipinski definition) is 1. The van der Waals surface area contributed by atoms with Gasteiger partial charge in [-0.25, -0.2) is 9.37 Å². The second-order valence-corrected chi connectivity index (χ2v) is 8.52. The standard InChI is InChI=1S/C25H26FN5O3/c1-16-5-10-19(33-16)15-27-21(32)12-11-20-28-24(31-13-3-2-4-14-31)22-23(30-34-25(22)29-20)17-6-8-18(26)9-7-17/h5-10H,2-4,11-15H2,1H3,(H,27,32). The number of amides is 1. The number of carbonyl (C=O) groups excluding carboxylic acids is 1. The minimum absolute atomic E-state index is 0.109. The molecule has 0 saturated carbocycles. The first-order valence-electron chi connectivity index (χ1n) is 11.6. The zero-order valence-corrected chi connectivity index (χ0v) is 19.0. The normalized spacial score (nSPS) is 14.0. The van der Waals surface area contributed by atoms with Crippen LogP contribution in [0.4, 0.5) is 10.2 Å². The predicted octanol–water partition coefficient (Wildman–Crippen LogP) is 4.56. The maximum atomic E-state index is 13.5. The summed E-state index contributed by atoms with van der Waals surface area (Å²) in [6.45, 7) is 3.96. The van der Waals surface area contributed by atoms with Crippen molar-refractivity contribution >= 4 is 22.8 Å². The van der Waals surface area contributed by atoms with Crippen molar-refractivity contribution in [2.45, 2.75) is 45.6 Å². The number of piperidine rings is 1. The molecule has 34 heavy (non-hydrogen) atoms. The molecule has 4 heterocycles. The molecular weight excluding hydrogens is 437 g/mol. The number of nitrogens with one attached hydrogen (secondary N) is 1. The third-order valence-corrected chi connectivity index (χ3v) is 5.97. The molecular formula is C25H26FN5O3. The van der Waals surface area contributed by atoms with Crippen LogP contribution in [0.15, 0.2) is 45.3 Å². The van der Waals surface area contributed by atoms with Crippen molar-refractivity contribution in [1.82, 2.24) is 20.4 Å². The van der Waals surface area contributed by atoms with Crippen molar-refractivity contribution in [3.8, 4) is 11.3 Å². The van der Waals surface area contributed by atoms with Gasteiger partial charge in [-0.2, -0.15) is 4.98 Å². The molecule has 8 nitrogen and oxygen atoms in total. The van der Waals surface area contributed by atoms with Crippen LogP contribution in [-0.4, -0.2) is 34.1 Å². The van der Waals surface area contributed by atoms with Gasteiger partial charge in [0.2, 0.25) is 5.91 Å². The molecule has 3 aromatic heterocycles. The van der Waals surface area contributed by atoms with Gasteiger partial charge >= 0.3 is 0 Å². The lowest BCUT2D eigenvalue weighted by Crippen LogP contribution is -2.30. The maximum absolute atomic E-state index is 13.5. The average Bonchev–Trinajstić information content (AvgIpc) is 3.48. The van der Waals surface area contributed by atoms with E-state index in [0.717, 1.165) is 48.5 Å². The molecule has 1 aliphatic heterocycles. The minimum Gasteiger partial charge on any atom is -0.465 e. The SMILES string of the molecule is Cc1ccc(CNC(=O)CCc2nc(N3CCCCC3)c3c(-c4ccc(F)cc4)noc3n2)o1. The van der Waals surface area contributed by atoms with Crippen LogP contribution >= 0.6 is 0 Å². The van der Waals surface area contributed by atoms with Gasteiger partial charge in [-0.15, -0.1) is 0 Å². The van der Waals surface area contributed by atoms with Crippen molar-refractivity contribution in [1.29, 1.82) is 0 Å². The lowest BCUT2D eigenvalue weighted by atomic mass is 10.1. The zero-order valence-electron chi connectivity index (χ0n) is 19.0. The second kappa shape index (κ2) is 9.62. The van der Waals surface area contributed by atoms with Crippen LogP contribution in [0.25, 0.3) is 22.4 Å². The molecule has 1 saturated heterocycles. The van der Waals surface area contributed by atoms with E-state index < -0.39 is 0 Å². The van der Waals surface area contributed by atoms with Gasteiger partial charge in [-0.3, -0.25) is 4.79 Å². The fourth-order valence-electron chi connectivity index (χ4n) is 4.21. The van der Waals surface area contributed by atoms with Gasteiger partial charge in [0.25, 0.3) is 5.71 Å². The molecule has 9 heteroatoms. The van der Waals surface area contributed by atoms with E-state index in [1.807, 2.05) is 19.1 Å². The van der Waals surface area contributed by atoms with E-state index in [0.29, 0.717) is 36.0 Å². The summed E-state index contributed by atoms with van der Waals surface area (Å²) >= 11 is 0. The Balaban J connectivity index is 1.39. The lowest BCUT2D eigenvalue weighted by Gasteiger charge is -2.28. The van der Waals surface area contributed by atoms with Gasteiger partial charge < -0.3 is 19.2 Å². The molecule has 4 aromatic rings. The molecule has 5 rings (SSSR count). The number of rotatable bonds is 7. The second-order valence-electron chi connectivity index (χ2n) is 8.52. The van der Waals surface area contributed by atoms with Gasteiger partial charge in [0.05, 0.1) is 6.54 Å². The van der Waals surface area contributed by atoms with E-state index in [2.05, 4.69) is 20.4 Å². The van der Waals surface area contributed by atoms with E-state index in [4.69, 9.17) is 13.9 Å². The molecule has 0 atom stereocenters. The number of anilines is 1. The van der Waals surface area contributed by atoms with Crippen molar-refractivity contribution in [3.63, 3.8) is 0 Å². The van der Waals surface area contributed by atoms with E-state index >= 15 is 0 Å². The first-order chi connectivity index (χ1) is 16.6. The van der Waals surface area contributed by atoms with Gasteiger partial charge in [0, 0.05) is 31.5 Å². The summed E-state index contributed by atoms with van der Waals surface area (Å²) in [5, 5.41) is 7.82. The van der Waals surface area contributed by atoms with Crippen molar-refractivity contribution in [2.75, 3.05) is 18.0 Å². The largest absolute Gasteiger partial charge is 0.465 e. The Morgan fingerprint density at radius 3 is 2.62 bits per heavy atom. The Morgan fingerprint density at radius 2 is 1.88 bits per heavy atom. The molecule has 0 spiro atoms. The quantitative estimate of drug-likeness (QED) is 0.429. The van der Waals surface area contributed by atoms with E-state index in [1.54, 1.807) is 12.1 Å². The van der Waals surface area contributed by atoms with Crippen LogP contribution in [0, 0.1) is 12.7 Å². The van der Waals surface area contributed by atoms with Crippen molar-refractivity contribution in [2.24, 2.45) is 0 Å². The minimum atomic E-state index is -0.313. The van der Waals surface area contributed by atoms with Crippen LogP contribution < -0.4 is 10.2 Å². The third-order valence-electron chi connectivity index (χ3n) is 5.97. The number of hydrogen-bond acceptors (Lipinski definition) is 7. The maximum Gasteiger partial charge on any atom is 0.263 e. The number of halogens is 1. The molecule has 0 radical (unpaired) electrons. The first kappa shape index (κ1) is 22.1. The average molecular weight is 464 g/mol. The summed E-state index contributed by atoms with van der Waals surface area (Å²) in [6, 6.07) is 9.85. The summed E-state index contributed by atoms with van der Waals surface area (Å²) in [6.07, 6.45) is 3.94. The molecule has 1 amide bonds. The van der Waals surface area contributed by atoms with E-state index in [-0.39, 0.29) is 18.1 Å². The summed E-state index contributed by atoms with van der Waals surface area (Å²) in [4.78, 5) is 24.0. The first-order valence-corrected chi connectivity index (χ1v) is 11.6.